The minimum atomic E-state index is -0.158. The van der Waals surface area contributed by atoms with Crippen LogP contribution in [0.15, 0.2) is 47.6 Å². The molecule has 0 fully saturated rings. The zero-order chi connectivity index (χ0) is 23.4. The summed E-state index contributed by atoms with van der Waals surface area (Å²) in [6.45, 7) is 7.44. The summed E-state index contributed by atoms with van der Waals surface area (Å²) in [5.74, 6) is 8.48. The van der Waals surface area contributed by atoms with Crippen molar-refractivity contribution >= 4 is 17.7 Å². The predicted molar refractivity (Wildman–Crippen MR) is 129 cm³/mol. The van der Waals surface area contributed by atoms with Crippen molar-refractivity contribution < 1.29 is 14.3 Å². The van der Waals surface area contributed by atoms with Gasteiger partial charge in [-0.05, 0) is 30.5 Å². The number of thioether (sulfide) groups is 1. The van der Waals surface area contributed by atoms with Gasteiger partial charge < -0.3 is 20.6 Å². The number of amides is 1. The maximum Gasteiger partial charge on any atom is 0.230 e. The fourth-order valence-electron chi connectivity index (χ4n) is 3.63. The molecule has 4 rings (SSSR count). The number of nitrogens with two attached hydrogens (primary N) is 1. The van der Waals surface area contributed by atoms with E-state index >= 15 is 0 Å². The SMILES string of the molecule is Cc1ccc(-c2nnc(SCC(=O)NC(c3ccc4c(c3)OCCCO4)C(C)C)n2N)cc1. The molecule has 2 aromatic carbocycles. The van der Waals surface area contributed by atoms with E-state index in [9.17, 15) is 4.79 Å². The quantitative estimate of drug-likeness (QED) is 0.403. The molecule has 9 heteroatoms. The number of aryl methyl sites for hydroxylation is 1. The molecule has 2 heterocycles. The number of fused-ring (bicyclic) bond motifs is 1. The maximum absolute atomic E-state index is 12.8. The third-order valence-corrected chi connectivity index (χ3v) is 6.36. The summed E-state index contributed by atoms with van der Waals surface area (Å²) in [6, 6.07) is 13.6. The highest BCUT2D eigenvalue weighted by molar-refractivity contribution is 7.99. The van der Waals surface area contributed by atoms with Crippen LogP contribution in [0.4, 0.5) is 0 Å². The Morgan fingerprint density at radius 3 is 2.58 bits per heavy atom. The number of nitrogens with zero attached hydrogens (tertiary/aromatic N) is 3. The second-order valence-electron chi connectivity index (χ2n) is 8.38. The number of nitrogen functional groups attached to an aromatic ring is 1. The summed E-state index contributed by atoms with van der Waals surface area (Å²) in [5.41, 5.74) is 3.01. The van der Waals surface area contributed by atoms with Crippen LogP contribution in [-0.4, -0.2) is 39.7 Å². The maximum atomic E-state index is 12.8. The molecule has 0 aliphatic carbocycles. The summed E-state index contributed by atoms with van der Waals surface area (Å²) in [5, 5.41) is 12.0. The molecule has 0 saturated heterocycles. The van der Waals surface area contributed by atoms with Crippen molar-refractivity contribution in [2.75, 3.05) is 24.8 Å². The van der Waals surface area contributed by atoms with Gasteiger partial charge >= 0.3 is 0 Å². The molecule has 1 atom stereocenters. The van der Waals surface area contributed by atoms with Gasteiger partial charge in [0.25, 0.3) is 0 Å². The molecule has 1 unspecified atom stereocenters. The Morgan fingerprint density at radius 1 is 1.12 bits per heavy atom. The van der Waals surface area contributed by atoms with Crippen LogP contribution in [0.1, 0.15) is 37.4 Å². The van der Waals surface area contributed by atoms with E-state index in [0.29, 0.717) is 24.2 Å². The second kappa shape index (κ2) is 10.2. The highest BCUT2D eigenvalue weighted by Gasteiger charge is 2.22. The molecule has 0 spiro atoms. The minimum Gasteiger partial charge on any atom is -0.490 e. The number of benzene rings is 2. The van der Waals surface area contributed by atoms with Crippen LogP contribution >= 0.6 is 11.8 Å². The highest BCUT2D eigenvalue weighted by Crippen LogP contribution is 2.34. The molecule has 8 nitrogen and oxygen atoms in total. The van der Waals surface area contributed by atoms with Gasteiger partial charge in [-0.1, -0.05) is 61.5 Å². The summed E-state index contributed by atoms with van der Waals surface area (Å²) in [6.07, 6.45) is 0.850. The average molecular weight is 468 g/mol. The number of carbonyl (C=O) groups is 1. The van der Waals surface area contributed by atoms with Gasteiger partial charge in [0.1, 0.15) is 0 Å². The molecule has 0 bridgehead atoms. The topological polar surface area (TPSA) is 104 Å². The first-order valence-corrected chi connectivity index (χ1v) is 12.0. The van der Waals surface area contributed by atoms with Crippen LogP contribution < -0.4 is 20.6 Å². The van der Waals surface area contributed by atoms with Gasteiger partial charge in [-0.25, -0.2) is 4.68 Å². The van der Waals surface area contributed by atoms with E-state index in [1.54, 1.807) is 0 Å². The van der Waals surface area contributed by atoms with Gasteiger partial charge in [-0.15, -0.1) is 10.2 Å². The summed E-state index contributed by atoms with van der Waals surface area (Å²) in [4.78, 5) is 12.8. The van der Waals surface area contributed by atoms with E-state index in [1.807, 2.05) is 49.4 Å². The van der Waals surface area contributed by atoms with Gasteiger partial charge in [-0.3, -0.25) is 4.79 Å². The first kappa shape index (κ1) is 23.0. The van der Waals surface area contributed by atoms with E-state index < -0.39 is 0 Å². The van der Waals surface area contributed by atoms with Gasteiger partial charge in [0, 0.05) is 12.0 Å². The van der Waals surface area contributed by atoms with Crippen molar-refractivity contribution in [3.8, 4) is 22.9 Å². The molecule has 0 saturated carbocycles. The smallest absolute Gasteiger partial charge is 0.230 e. The normalized spacial score (nSPS) is 14.1. The Hall–Kier alpha value is -3.20. The van der Waals surface area contributed by atoms with Crippen molar-refractivity contribution in [2.45, 2.75) is 38.4 Å². The van der Waals surface area contributed by atoms with Crippen LogP contribution in [-0.2, 0) is 4.79 Å². The summed E-state index contributed by atoms with van der Waals surface area (Å²) < 4.78 is 13.0. The third-order valence-electron chi connectivity index (χ3n) is 5.42. The van der Waals surface area contributed by atoms with Gasteiger partial charge in [0.15, 0.2) is 17.3 Å². The first-order valence-electron chi connectivity index (χ1n) is 11.0. The Morgan fingerprint density at radius 2 is 1.85 bits per heavy atom. The number of rotatable bonds is 7. The van der Waals surface area contributed by atoms with Gasteiger partial charge in [-0.2, -0.15) is 0 Å². The summed E-state index contributed by atoms with van der Waals surface area (Å²) >= 11 is 1.26. The summed E-state index contributed by atoms with van der Waals surface area (Å²) in [7, 11) is 0. The number of hydrogen-bond donors (Lipinski definition) is 2. The lowest BCUT2D eigenvalue weighted by Crippen LogP contribution is -2.33. The van der Waals surface area contributed by atoms with Crippen LogP contribution in [0.2, 0.25) is 0 Å². The van der Waals surface area contributed by atoms with Crippen LogP contribution in [0.5, 0.6) is 11.5 Å². The fourth-order valence-corrected chi connectivity index (χ4v) is 4.30. The van der Waals surface area contributed by atoms with E-state index in [4.69, 9.17) is 15.3 Å². The van der Waals surface area contributed by atoms with Crippen molar-refractivity contribution in [1.82, 2.24) is 20.2 Å². The molecular weight excluding hydrogens is 438 g/mol. The number of carbonyl (C=O) groups excluding carboxylic acids is 1. The highest BCUT2D eigenvalue weighted by atomic mass is 32.2. The molecule has 1 aliphatic rings. The van der Waals surface area contributed by atoms with Crippen molar-refractivity contribution in [3.05, 3.63) is 53.6 Å². The van der Waals surface area contributed by atoms with Gasteiger partial charge in [0.05, 0.1) is 25.0 Å². The van der Waals surface area contributed by atoms with Crippen LogP contribution in [0.25, 0.3) is 11.4 Å². The molecular formula is C24H29N5O3S. The number of nitrogens with one attached hydrogen (secondary N) is 1. The standard InChI is InChI=1S/C24H29N5O3S/c1-15(2)22(18-9-10-19-20(13-18)32-12-4-11-31-19)26-21(30)14-33-24-28-27-23(29(24)25)17-7-5-16(3)6-8-17/h5-10,13,15,22H,4,11-12,14,25H2,1-3H3,(H,26,30). The molecule has 3 aromatic rings. The Labute approximate surface area is 197 Å². The lowest BCUT2D eigenvalue weighted by molar-refractivity contribution is -0.119. The van der Waals surface area contributed by atoms with Crippen molar-refractivity contribution in [3.63, 3.8) is 0 Å². The minimum absolute atomic E-state index is 0.106. The Bertz CT molecular complexity index is 1110. The lowest BCUT2D eigenvalue weighted by Gasteiger charge is -2.23. The number of ether oxygens (including phenoxy) is 2. The largest absolute Gasteiger partial charge is 0.490 e. The molecule has 174 valence electrons. The van der Waals surface area contributed by atoms with E-state index in [2.05, 4.69) is 29.4 Å². The molecule has 3 N–H and O–H groups in total. The van der Waals surface area contributed by atoms with E-state index in [-0.39, 0.29) is 23.6 Å². The van der Waals surface area contributed by atoms with Crippen LogP contribution in [0, 0.1) is 12.8 Å². The van der Waals surface area contributed by atoms with Crippen molar-refractivity contribution in [1.29, 1.82) is 0 Å². The van der Waals surface area contributed by atoms with E-state index in [0.717, 1.165) is 34.6 Å². The number of aromatic nitrogens is 3. The number of hydrogen-bond acceptors (Lipinski definition) is 7. The Kier molecular flexibility index (Phi) is 7.08. The fraction of sp³-hybridized carbons (Fsp3) is 0.375. The van der Waals surface area contributed by atoms with Crippen LogP contribution in [0.3, 0.4) is 0 Å². The molecule has 0 radical (unpaired) electrons. The van der Waals surface area contributed by atoms with Gasteiger partial charge in [0.2, 0.25) is 11.1 Å². The zero-order valence-corrected chi connectivity index (χ0v) is 19.9. The molecule has 1 aliphatic heterocycles. The molecule has 1 amide bonds. The first-order chi connectivity index (χ1) is 15.9. The monoisotopic (exact) mass is 467 g/mol. The van der Waals surface area contributed by atoms with Crippen molar-refractivity contribution in [2.24, 2.45) is 5.92 Å². The zero-order valence-electron chi connectivity index (χ0n) is 19.1. The lowest BCUT2D eigenvalue weighted by atomic mass is 9.95. The molecule has 33 heavy (non-hydrogen) atoms. The Balaban J connectivity index is 1.41. The third kappa shape index (κ3) is 5.42. The van der Waals surface area contributed by atoms with E-state index in [1.165, 1.54) is 16.4 Å². The molecule has 1 aromatic heterocycles. The average Bonchev–Trinajstić information content (AvgIpc) is 3.01. The second-order valence-corrected chi connectivity index (χ2v) is 9.32. The predicted octanol–water partition coefficient (Wildman–Crippen LogP) is 3.73.